The van der Waals surface area contributed by atoms with E-state index in [4.69, 9.17) is 16.3 Å². The normalized spacial score (nSPS) is 20.2. The Morgan fingerprint density at radius 2 is 2.29 bits per heavy atom. The fourth-order valence-electron chi connectivity index (χ4n) is 2.23. The number of fused-ring (bicyclic) bond motifs is 1. The lowest BCUT2D eigenvalue weighted by molar-refractivity contribution is 0.189. The number of nitrogens with one attached hydrogen (secondary N) is 2. The number of aromatic nitrogens is 1. The van der Waals surface area contributed by atoms with E-state index in [0.29, 0.717) is 6.04 Å². The van der Waals surface area contributed by atoms with Gasteiger partial charge in [0.1, 0.15) is 0 Å². The summed E-state index contributed by atoms with van der Waals surface area (Å²) in [6.07, 6.45) is 1.08. The van der Waals surface area contributed by atoms with Crippen LogP contribution in [0, 0.1) is 0 Å². The summed E-state index contributed by atoms with van der Waals surface area (Å²) in [6.45, 7) is 2.43. The molecule has 0 radical (unpaired) electrons. The average molecular weight is 251 g/mol. The van der Waals surface area contributed by atoms with Gasteiger partial charge in [0.25, 0.3) is 0 Å². The van der Waals surface area contributed by atoms with Gasteiger partial charge in [-0.1, -0.05) is 29.8 Å². The minimum Gasteiger partial charge on any atom is -0.380 e. The van der Waals surface area contributed by atoms with E-state index in [1.165, 1.54) is 0 Å². The van der Waals surface area contributed by atoms with Crippen LogP contribution in [0.15, 0.2) is 24.3 Å². The van der Waals surface area contributed by atoms with Gasteiger partial charge in [-0.25, -0.2) is 0 Å². The molecular formula is C13H15ClN2O. The Morgan fingerprint density at radius 1 is 1.41 bits per heavy atom. The predicted octanol–water partition coefficient (Wildman–Crippen LogP) is 2.70. The van der Waals surface area contributed by atoms with Crippen LogP contribution in [-0.2, 0) is 11.3 Å². The number of H-pyrrole nitrogens is 1. The second-order valence-electron chi connectivity index (χ2n) is 4.40. The lowest BCUT2D eigenvalue weighted by Crippen LogP contribution is -2.28. The third kappa shape index (κ3) is 2.18. The molecule has 1 aromatic heterocycles. The van der Waals surface area contributed by atoms with E-state index in [2.05, 4.69) is 10.3 Å². The Labute approximate surface area is 105 Å². The summed E-state index contributed by atoms with van der Waals surface area (Å²) in [4.78, 5) is 3.35. The van der Waals surface area contributed by atoms with Gasteiger partial charge in [-0.15, -0.1) is 0 Å². The van der Waals surface area contributed by atoms with E-state index in [1.54, 1.807) is 0 Å². The van der Waals surface area contributed by atoms with Crippen LogP contribution < -0.4 is 5.32 Å². The maximum absolute atomic E-state index is 6.34. The van der Waals surface area contributed by atoms with E-state index in [1.807, 2.05) is 24.3 Å². The highest BCUT2D eigenvalue weighted by atomic mass is 35.5. The van der Waals surface area contributed by atoms with Crippen LogP contribution >= 0.6 is 11.6 Å². The molecule has 1 aliphatic heterocycles. The second kappa shape index (κ2) is 4.69. The smallest absolute Gasteiger partial charge is 0.0705 e. The van der Waals surface area contributed by atoms with E-state index >= 15 is 0 Å². The molecule has 1 atom stereocenters. The molecule has 90 valence electrons. The zero-order valence-electron chi connectivity index (χ0n) is 9.50. The number of ether oxygens (including phenoxy) is 1. The number of hydrogen-bond donors (Lipinski definition) is 2. The Morgan fingerprint density at radius 3 is 3.06 bits per heavy atom. The number of rotatable bonds is 3. The molecule has 3 rings (SSSR count). The van der Waals surface area contributed by atoms with Crippen molar-refractivity contribution >= 4 is 22.5 Å². The van der Waals surface area contributed by atoms with E-state index < -0.39 is 0 Å². The predicted molar refractivity (Wildman–Crippen MR) is 69.4 cm³/mol. The molecule has 0 bridgehead atoms. The molecule has 2 heterocycles. The van der Waals surface area contributed by atoms with Crippen molar-refractivity contribution in [3.63, 3.8) is 0 Å². The molecule has 17 heavy (non-hydrogen) atoms. The van der Waals surface area contributed by atoms with E-state index in [0.717, 1.165) is 47.8 Å². The van der Waals surface area contributed by atoms with Gasteiger partial charge < -0.3 is 15.0 Å². The first-order valence-corrected chi connectivity index (χ1v) is 6.28. The van der Waals surface area contributed by atoms with Crippen molar-refractivity contribution in [3.8, 4) is 0 Å². The van der Waals surface area contributed by atoms with Crippen molar-refractivity contribution in [2.24, 2.45) is 0 Å². The van der Waals surface area contributed by atoms with Crippen molar-refractivity contribution < 1.29 is 4.74 Å². The summed E-state index contributed by atoms with van der Waals surface area (Å²) in [5.41, 5.74) is 2.15. The summed E-state index contributed by atoms with van der Waals surface area (Å²) in [5.74, 6) is 0. The summed E-state index contributed by atoms with van der Waals surface area (Å²) in [6, 6.07) is 8.55. The van der Waals surface area contributed by atoms with Gasteiger partial charge in [0.15, 0.2) is 0 Å². The van der Waals surface area contributed by atoms with E-state index in [9.17, 15) is 0 Å². The van der Waals surface area contributed by atoms with Gasteiger partial charge in [-0.3, -0.25) is 0 Å². The zero-order valence-corrected chi connectivity index (χ0v) is 10.3. The molecule has 3 nitrogen and oxygen atoms in total. The monoisotopic (exact) mass is 250 g/mol. The van der Waals surface area contributed by atoms with Gasteiger partial charge in [0.05, 0.1) is 11.6 Å². The fourth-order valence-corrected chi connectivity index (χ4v) is 2.51. The number of para-hydroxylation sites is 1. The molecular weight excluding hydrogens is 236 g/mol. The first-order valence-electron chi connectivity index (χ1n) is 5.91. The number of benzene rings is 1. The number of hydrogen-bond acceptors (Lipinski definition) is 2. The Bertz CT molecular complexity index is 517. The van der Waals surface area contributed by atoms with Crippen molar-refractivity contribution in [2.45, 2.75) is 19.0 Å². The van der Waals surface area contributed by atoms with Crippen LogP contribution in [0.25, 0.3) is 10.9 Å². The Kier molecular flexibility index (Phi) is 3.05. The Balaban J connectivity index is 1.78. The topological polar surface area (TPSA) is 37.0 Å². The van der Waals surface area contributed by atoms with Crippen LogP contribution in [0.1, 0.15) is 12.1 Å². The summed E-state index contributed by atoms with van der Waals surface area (Å²) in [5, 5.41) is 5.38. The standard InChI is InChI=1S/C13H15ClN2O/c14-13-10-3-1-2-4-11(10)16-12(13)7-15-9-5-6-17-8-9/h1-4,9,15-16H,5-8H2. The molecule has 1 aromatic carbocycles. The van der Waals surface area contributed by atoms with E-state index in [-0.39, 0.29) is 0 Å². The number of halogens is 1. The van der Waals surface area contributed by atoms with Crippen molar-refractivity contribution in [1.82, 2.24) is 10.3 Å². The van der Waals surface area contributed by atoms with Crippen LogP contribution in [0.2, 0.25) is 5.02 Å². The minimum absolute atomic E-state index is 0.456. The molecule has 2 aromatic rings. The quantitative estimate of drug-likeness (QED) is 0.879. The van der Waals surface area contributed by atoms with Crippen molar-refractivity contribution in [3.05, 3.63) is 35.0 Å². The molecule has 0 saturated carbocycles. The summed E-state index contributed by atoms with van der Waals surface area (Å²) >= 11 is 6.34. The molecule has 0 amide bonds. The maximum atomic E-state index is 6.34. The van der Waals surface area contributed by atoms with Gasteiger partial charge in [-0.05, 0) is 12.5 Å². The largest absolute Gasteiger partial charge is 0.380 e. The molecule has 1 aliphatic rings. The maximum Gasteiger partial charge on any atom is 0.0705 e. The summed E-state index contributed by atoms with van der Waals surface area (Å²) < 4.78 is 5.33. The van der Waals surface area contributed by atoms with Crippen molar-refractivity contribution in [1.29, 1.82) is 0 Å². The van der Waals surface area contributed by atoms with Gasteiger partial charge in [0.2, 0.25) is 0 Å². The molecule has 1 fully saturated rings. The lowest BCUT2D eigenvalue weighted by atomic mass is 10.2. The number of aromatic amines is 1. The first-order chi connectivity index (χ1) is 8.34. The van der Waals surface area contributed by atoms with Crippen LogP contribution in [-0.4, -0.2) is 24.2 Å². The zero-order chi connectivity index (χ0) is 11.7. The second-order valence-corrected chi connectivity index (χ2v) is 4.78. The minimum atomic E-state index is 0.456. The molecule has 2 N–H and O–H groups in total. The average Bonchev–Trinajstić information content (AvgIpc) is 2.96. The van der Waals surface area contributed by atoms with Crippen molar-refractivity contribution in [2.75, 3.05) is 13.2 Å². The SMILES string of the molecule is Clc1c(CNC2CCOC2)[nH]c2ccccc12. The van der Waals surface area contributed by atoms with Crippen LogP contribution in [0.4, 0.5) is 0 Å². The van der Waals surface area contributed by atoms with Gasteiger partial charge >= 0.3 is 0 Å². The highest BCUT2D eigenvalue weighted by Gasteiger charge is 2.16. The molecule has 0 aliphatic carbocycles. The molecule has 4 heteroatoms. The third-order valence-corrected chi connectivity index (χ3v) is 3.64. The molecule has 1 saturated heterocycles. The molecule has 1 unspecified atom stereocenters. The van der Waals surface area contributed by atoms with Crippen LogP contribution in [0.5, 0.6) is 0 Å². The third-order valence-electron chi connectivity index (χ3n) is 3.21. The lowest BCUT2D eigenvalue weighted by Gasteiger charge is -2.09. The highest BCUT2D eigenvalue weighted by Crippen LogP contribution is 2.27. The highest BCUT2D eigenvalue weighted by molar-refractivity contribution is 6.36. The fraction of sp³-hybridized carbons (Fsp3) is 0.385. The summed E-state index contributed by atoms with van der Waals surface area (Å²) in [7, 11) is 0. The Hall–Kier alpha value is -1.03. The molecule has 0 spiro atoms. The van der Waals surface area contributed by atoms with Gasteiger partial charge in [0, 0.05) is 35.8 Å². The van der Waals surface area contributed by atoms with Gasteiger partial charge in [-0.2, -0.15) is 0 Å². The first kappa shape index (κ1) is 11.1. The van der Waals surface area contributed by atoms with Crippen LogP contribution in [0.3, 0.4) is 0 Å².